The number of nitrogens with one attached hydrogen (secondary N) is 1. The highest BCUT2D eigenvalue weighted by Gasteiger charge is 2.19. The number of thiazole rings is 1. The number of methoxy groups -OCH3 is 1. The number of hydrogen-bond acceptors (Lipinski definition) is 5. The van der Waals surface area contributed by atoms with Crippen LogP contribution in [0.25, 0.3) is 0 Å². The second-order valence-electron chi connectivity index (χ2n) is 4.52. The fourth-order valence-corrected chi connectivity index (χ4v) is 3.89. The molecule has 5 heteroatoms. The summed E-state index contributed by atoms with van der Waals surface area (Å²) in [6.07, 6.45) is 0. The van der Waals surface area contributed by atoms with Gasteiger partial charge in [-0.05, 0) is 32.9 Å². The highest BCUT2D eigenvalue weighted by Crippen LogP contribution is 2.31. The summed E-state index contributed by atoms with van der Waals surface area (Å²) in [6, 6.07) is 4.54. The van der Waals surface area contributed by atoms with Crippen LogP contribution in [0.4, 0.5) is 0 Å². The maximum absolute atomic E-state index is 5.12. The summed E-state index contributed by atoms with van der Waals surface area (Å²) in [5, 5.41) is 4.69. The molecule has 0 bridgehead atoms. The van der Waals surface area contributed by atoms with Crippen molar-refractivity contribution in [3.05, 3.63) is 37.5 Å². The van der Waals surface area contributed by atoms with Gasteiger partial charge in [-0.1, -0.05) is 0 Å². The molecule has 0 saturated carbocycles. The van der Waals surface area contributed by atoms with E-state index in [1.165, 1.54) is 14.6 Å². The molecule has 0 saturated heterocycles. The molecule has 0 aliphatic carbocycles. The van der Waals surface area contributed by atoms with Gasteiger partial charge in [0.1, 0.15) is 5.01 Å². The van der Waals surface area contributed by atoms with E-state index in [0.29, 0.717) is 6.61 Å². The first-order valence-electron chi connectivity index (χ1n) is 6.34. The van der Waals surface area contributed by atoms with Crippen LogP contribution in [0.15, 0.2) is 12.1 Å². The van der Waals surface area contributed by atoms with Gasteiger partial charge in [0.2, 0.25) is 0 Å². The van der Waals surface area contributed by atoms with Gasteiger partial charge in [0.25, 0.3) is 0 Å². The molecule has 0 radical (unpaired) electrons. The van der Waals surface area contributed by atoms with E-state index < -0.39 is 0 Å². The Morgan fingerprint density at radius 3 is 2.58 bits per heavy atom. The van der Waals surface area contributed by atoms with E-state index in [1.807, 2.05) is 11.3 Å². The average Bonchev–Trinajstić information content (AvgIpc) is 2.93. The van der Waals surface area contributed by atoms with E-state index in [4.69, 9.17) is 9.72 Å². The molecular formula is C14H20N2OS2. The molecular weight excluding hydrogens is 276 g/mol. The zero-order valence-corrected chi connectivity index (χ0v) is 13.5. The van der Waals surface area contributed by atoms with Gasteiger partial charge in [-0.15, -0.1) is 22.7 Å². The SMILES string of the molecule is COCCNC(c1ccc(C)s1)c1nc(C)c(C)s1. The number of rotatable bonds is 6. The van der Waals surface area contributed by atoms with Crippen LogP contribution < -0.4 is 5.32 Å². The zero-order chi connectivity index (χ0) is 13.8. The molecule has 0 aromatic carbocycles. The molecule has 2 aromatic rings. The fraction of sp³-hybridized carbons (Fsp3) is 0.500. The first-order chi connectivity index (χ1) is 9.11. The Kier molecular flexibility index (Phi) is 5.10. The van der Waals surface area contributed by atoms with E-state index in [9.17, 15) is 0 Å². The van der Waals surface area contributed by atoms with Crippen molar-refractivity contribution in [2.75, 3.05) is 20.3 Å². The molecule has 1 unspecified atom stereocenters. The van der Waals surface area contributed by atoms with Gasteiger partial charge in [-0.3, -0.25) is 0 Å². The van der Waals surface area contributed by atoms with Crippen LogP contribution >= 0.6 is 22.7 Å². The van der Waals surface area contributed by atoms with E-state index in [0.717, 1.165) is 17.2 Å². The van der Waals surface area contributed by atoms with E-state index >= 15 is 0 Å². The van der Waals surface area contributed by atoms with Crippen LogP contribution in [0.2, 0.25) is 0 Å². The zero-order valence-electron chi connectivity index (χ0n) is 11.8. The third-order valence-corrected chi connectivity index (χ3v) is 5.20. The number of hydrogen-bond donors (Lipinski definition) is 1. The van der Waals surface area contributed by atoms with E-state index in [-0.39, 0.29) is 6.04 Å². The summed E-state index contributed by atoms with van der Waals surface area (Å²) in [6.45, 7) is 7.88. The summed E-state index contributed by atoms with van der Waals surface area (Å²) in [7, 11) is 1.73. The van der Waals surface area contributed by atoms with Crippen molar-refractivity contribution < 1.29 is 4.74 Å². The predicted molar refractivity (Wildman–Crippen MR) is 82.4 cm³/mol. The smallest absolute Gasteiger partial charge is 0.115 e. The molecule has 2 rings (SSSR count). The molecule has 0 aliphatic heterocycles. The largest absolute Gasteiger partial charge is 0.383 e. The van der Waals surface area contributed by atoms with Crippen LogP contribution in [0.3, 0.4) is 0 Å². The minimum absolute atomic E-state index is 0.186. The number of ether oxygens (including phenoxy) is 1. The standard InChI is InChI=1S/C14H20N2OS2/c1-9-5-6-12(18-9)13(15-7-8-17-4)14-16-10(2)11(3)19-14/h5-6,13,15H,7-8H2,1-4H3. The topological polar surface area (TPSA) is 34.1 Å². The lowest BCUT2D eigenvalue weighted by Crippen LogP contribution is -2.25. The van der Waals surface area contributed by atoms with Crippen LogP contribution in [0, 0.1) is 20.8 Å². The molecule has 1 atom stereocenters. The van der Waals surface area contributed by atoms with Gasteiger partial charge in [0, 0.05) is 28.3 Å². The van der Waals surface area contributed by atoms with Crippen molar-refractivity contribution >= 4 is 22.7 Å². The number of thiophene rings is 1. The van der Waals surface area contributed by atoms with Crippen LogP contribution in [-0.2, 0) is 4.74 Å². The Hall–Kier alpha value is -0.750. The Bertz CT molecular complexity index is 514. The molecule has 0 fully saturated rings. The lowest BCUT2D eigenvalue weighted by Gasteiger charge is -2.14. The summed E-state index contributed by atoms with van der Waals surface area (Å²) in [4.78, 5) is 8.64. The lowest BCUT2D eigenvalue weighted by molar-refractivity contribution is 0.197. The first-order valence-corrected chi connectivity index (χ1v) is 7.97. The van der Waals surface area contributed by atoms with E-state index in [2.05, 4.69) is 38.2 Å². The third kappa shape index (κ3) is 3.63. The van der Waals surface area contributed by atoms with Gasteiger partial charge in [0.05, 0.1) is 18.3 Å². The van der Waals surface area contributed by atoms with Crippen molar-refractivity contribution in [3.63, 3.8) is 0 Å². The van der Waals surface area contributed by atoms with Crippen molar-refractivity contribution in [1.29, 1.82) is 0 Å². The number of nitrogens with zero attached hydrogens (tertiary/aromatic N) is 1. The van der Waals surface area contributed by atoms with Crippen molar-refractivity contribution in [3.8, 4) is 0 Å². The normalized spacial score (nSPS) is 12.8. The quantitative estimate of drug-likeness (QED) is 0.829. The second kappa shape index (κ2) is 6.61. The van der Waals surface area contributed by atoms with Crippen LogP contribution in [-0.4, -0.2) is 25.2 Å². The third-order valence-electron chi connectivity index (χ3n) is 2.99. The van der Waals surface area contributed by atoms with Crippen LogP contribution in [0.1, 0.15) is 31.4 Å². The molecule has 3 nitrogen and oxygen atoms in total. The van der Waals surface area contributed by atoms with Crippen LogP contribution in [0.5, 0.6) is 0 Å². The summed E-state index contributed by atoms with van der Waals surface area (Å²) in [5.41, 5.74) is 1.13. The molecule has 0 aliphatic rings. The summed E-state index contributed by atoms with van der Waals surface area (Å²) in [5.74, 6) is 0. The fourth-order valence-electron chi connectivity index (χ4n) is 1.84. The number of aromatic nitrogens is 1. The minimum Gasteiger partial charge on any atom is -0.383 e. The molecule has 0 amide bonds. The van der Waals surface area contributed by atoms with Crippen molar-refractivity contribution in [2.24, 2.45) is 0 Å². The van der Waals surface area contributed by atoms with Gasteiger partial charge in [-0.2, -0.15) is 0 Å². The highest BCUT2D eigenvalue weighted by atomic mass is 32.1. The second-order valence-corrected chi connectivity index (χ2v) is 7.08. The number of aryl methyl sites for hydroxylation is 3. The van der Waals surface area contributed by atoms with Crippen molar-refractivity contribution in [2.45, 2.75) is 26.8 Å². The monoisotopic (exact) mass is 296 g/mol. The molecule has 104 valence electrons. The Morgan fingerprint density at radius 2 is 2.05 bits per heavy atom. The lowest BCUT2D eigenvalue weighted by atomic mass is 10.2. The molecule has 1 N–H and O–H groups in total. The Balaban J connectivity index is 2.23. The highest BCUT2D eigenvalue weighted by molar-refractivity contribution is 7.13. The molecule has 19 heavy (non-hydrogen) atoms. The average molecular weight is 296 g/mol. The first kappa shape index (κ1) is 14.7. The Morgan fingerprint density at radius 1 is 1.26 bits per heavy atom. The summed E-state index contributed by atoms with van der Waals surface area (Å²) < 4.78 is 5.12. The molecule has 0 spiro atoms. The maximum Gasteiger partial charge on any atom is 0.115 e. The predicted octanol–water partition coefficient (Wildman–Crippen LogP) is 3.46. The Labute approximate surface area is 122 Å². The minimum atomic E-state index is 0.186. The van der Waals surface area contributed by atoms with Gasteiger partial charge >= 0.3 is 0 Å². The summed E-state index contributed by atoms with van der Waals surface area (Å²) >= 11 is 3.60. The molecule has 2 aromatic heterocycles. The van der Waals surface area contributed by atoms with E-state index in [1.54, 1.807) is 18.4 Å². The van der Waals surface area contributed by atoms with Gasteiger partial charge < -0.3 is 10.1 Å². The van der Waals surface area contributed by atoms with Crippen molar-refractivity contribution in [1.82, 2.24) is 10.3 Å². The maximum atomic E-state index is 5.12. The molecule has 2 heterocycles. The van der Waals surface area contributed by atoms with Gasteiger partial charge in [-0.25, -0.2) is 4.98 Å². The van der Waals surface area contributed by atoms with Gasteiger partial charge in [0.15, 0.2) is 0 Å².